The highest BCUT2D eigenvalue weighted by Gasteiger charge is 2.26. The van der Waals surface area contributed by atoms with Crippen LogP contribution in [0.25, 0.3) is 22.1 Å². The van der Waals surface area contributed by atoms with Crippen LogP contribution in [0.2, 0.25) is 0 Å². The molecule has 2 aromatic carbocycles. The van der Waals surface area contributed by atoms with Gasteiger partial charge in [-0.15, -0.1) is 0 Å². The number of carbonyl (C=O) groups is 4. The van der Waals surface area contributed by atoms with Gasteiger partial charge >= 0.3 is 5.69 Å². The summed E-state index contributed by atoms with van der Waals surface area (Å²) in [4.78, 5) is 75.0. The van der Waals surface area contributed by atoms with Gasteiger partial charge in [-0.05, 0) is 55.5 Å². The van der Waals surface area contributed by atoms with Gasteiger partial charge in [-0.25, -0.2) is 9.78 Å². The Kier molecular flexibility index (Phi) is 11.9. The summed E-state index contributed by atoms with van der Waals surface area (Å²) in [5.74, 6) is 0.00130. The van der Waals surface area contributed by atoms with Crippen LogP contribution in [0.1, 0.15) is 75.5 Å². The van der Waals surface area contributed by atoms with Crippen molar-refractivity contribution in [3.05, 3.63) is 64.3 Å². The number of rotatable bonds is 6. The van der Waals surface area contributed by atoms with Crippen molar-refractivity contribution < 1.29 is 19.2 Å². The molecule has 1 aliphatic rings. The first-order valence-electron chi connectivity index (χ1n) is 17.5. The van der Waals surface area contributed by atoms with E-state index in [0.717, 1.165) is 23.3 Å². The van der Waals surface area contributed by atoms with E-state index in [1.807, 2.05) is 45.0 Å². The van der Waals surface area contributed by atoms with Gasteiger partial charge in [0.1, 0.15) is 11.9 Å². The minimum absolute atomic E-state index is 0.0438. The number of benzene rings is 2. The first kappa shape index (κ1) is 35.4. The molecule has 1 aliphatic heterocycles. The highest BCUT2D eigenvalue weighted by Crippen LogP contribution is 2.18. The lowest BCUT2D eigenvalue weighted by molar-refractivity contribution is -0.132. The van der Waals surface area contributed by atoms with E-state index in [4.69, 9.17) is 4.98 Å². The number of nitrogens with one attached hydrogen (secondary N) is 4. The number of carbonyl (C=O) groups excluding carboxylic acids is 4. The van der Waals surface area contributed by atoms with Gasteiger partial charge in [0.25, 0.3) is 5.91 Å². The zero-order valence-electron chi connectivity index (χ0n) is 28.7. The van der Waals surface area contributed by atoms with Crippen molar-refractivity contribution in [1.82, 2.24) is 40.0 Å². The predicted octanol–water partition coefficient (Wildman–Crippen LogP) is 3.11. The fourth-order valence-corrected chi connectivity index (χ4v) is 6.40. The van der Waals surface area contributed by atoms with Crippen LogP contribution >= 0.6 is 0 Å². The average molecular weight is 673 g/mol. The van der Waals surface area contributed by atoms with E-state index in [1.165, 1.54) is 0 Å². The van der Waals surface area contributed by atoms with Crippen molar-refractivity contribution in [1.29, 1.82) is 0 Å². The Bertz CT molecular complexity index is 1860. The molecule has 2 bridgehead atoms. The van der Waals surface area contributed by atoms with Crippen LogP contribution in [0.5, 0.6) is 0 Å². The van der Waals surface area contributed by atoms with Gasteiger partial charge in [0.15, 0.2) is 0 Å². The summed E-state index contributed by atoms with van der Waals surface area (Å²) in [6.45, 7) is 8.19. The number of imidazole rings is 2. The number of fused-ring (bicyclic) bond motifs is 2. The van der Waals surface area contributed by atoms with E-state index in [-0.39, 0.29) is 48.1 Å². The SMILES string of the molecule is CCc1nc2ccccc2n1CCC(=O)N1CCCNC(=O)c2ccc3[nH]c(=O)n(c3c2)CCCNC(=O)[C@H]([C@@H](C)CC)NC(=O)CCC1. The van der Waals surface area contributed by atoms with Crippen molar-refractivity contribution >= 4 is 45.7 Å². The summed E-state index contributed by atoms with van der Waals surface area (Å²) in [6, 6.07) is 12.3. The number of aryl methyl sites for hydroxylation is 3. The lowest BCUT2D eigenvalue weighted by Gasteiger charge is -2.25. The number of aromatic amines is 1. The topological polar surface area (TPSA) is 163 Å². The average Bonchev–Trinajstić information content (AvgIpc) is 3.63. The number of nitrogens with zero attached hydrogens (tertiary/aromatic N) is 4. The zero-order chi connectivity index (χ0) is 34.9. The molecule has 0 saturated heterocycles. The predicted molar refractivity (Wildman–Crippen MR) is 188 cm³/mol. The van der Waals surface area contributed by atoms with E-state index in [9.17, 15) is 24.0 Å². The van der Waals surface area contributed by atoms with E-state index in [0.29, 0.717) is 81.5 Å². The first-order valence-corrected chi connectivity index (χ1v) is 17.5. The van der Waals surface area contributed by atoms with Crippen molar-refractivity contribution in [3.63, 3.8) is 0 Å². The van der Waals surface area contributed by atoms with Crippen LogP contribution in [0.3, 0.4) is 0 Å². The van der Waals surface area contributed by atoms with Crippen LogP contribution in [0, 0.1) is 5.92 Å². The van der Waals surface area contributed by atoms with E-state index in [2.05, 4.69) is 25.5 Å². The van der Waals surface area contributed by atoms with Crippen molar-refractivity contribution in [2.24, 2.45) is 5.92 Å². The normalized spacial score (nSPS) is 18.1. The molecule has 0 spiro atoms. The van der Waals surface area contributed by atoms with Crippen LogP contribution in [0.15, 0.2) is 47.3 Å². The number of hydrogen-bond donors (Lipinski definition) is 4. The molecule has 2 aromatic heterocycles. The standard InChI is InChI=1S/C36H48N8O5/c1-4-24(3)33-35(48)38-18-10-21-44-29-23-25(14-15-27(29)40-36(44)49)34(47)37-17-9-20-42(19-8-13-31(45)41-33)32(46)16-22-43-28-12-7-6-11-26(28)39-30(43)5-2/h6-7,11-12,14-15,23-24,33H,4-5,8-10,13,16-22H2,1-3H3,(H,37,47)(H,38,48)(H,40,49)(H,41,45)/t24-,33-/m0/s1. The van der Waals surface area contributed by atoms with Gasteiger partial charge in [-0.1, -0.05) is 39.3 Å². The molecule has 49 heavy (non-hydrogen) atoms. The van der Waals surface area contributed by atoms with Gasteiger partial charge in [-0.3, -0.25) is 23.7 Å². The fraction of sp³-hybridized carbons (Fsp3) is 0.500. The summed E-state index contributed by atoms with van der Waals surface area (Å²) in [5.41, 5.74) is 3.24. The minimum Gasteiger partial charge on any atom is -0.354 e. The number of para-hydroxylation sites is 2. The molecule has 13 nitrogen and oxygen atoms in total. The van der Waals surface area contributed by atoms with Gasteiger partial charge in [0, 0.05) is 64.1 Å². The molecule has 4 aromatic rings. The molecule has 0 radical (unpaired) electrons. The lowest BCUT2D eigenvalue weighted by atomic mass is 9.98. The van der Waals surface area contributed by atoms with E-state index < -0.39 is 6.04 Å². The Morgan fingerprint density at radius 1 is 0.939 bits per heavy atom. The van der Waals surface area contributed by atoms with E-state index >= 15 is 0 Å². The van der Waals surface area contributed by atoms with Crippen molar-refractivity contribution in [3.8, 4) is 0 Å². The molecule has 0 saturated carbocycles. The molecular weight excluding hydrogens is 624 g/mol. The smallest absolute Gasteiger partial charge is 0.326 e. The summed E-state index contributed by atoms with van der Waals surface area (Å²) in [7, 11) is 0. The molecule has 0 aliphatic carbocycles. The third-order valence-electron chi connectivity index (χ3n) is 9.38. The highest BCUT2D eigenvalue weighted by molar-refractivity contribution is 5.97. The third kappa shape index (κ3) is 8.57. The maximum Gasteiger partial charge on any atom is 0.326 e. The Morgan fingerprint density at radius 3 is 2.49 bits per heavy atom. The number of amides is 4. The van der Waals surface area contributed by atoms with Gasteiger partial charge in [0.2, 0.25) is 17.7 Å². The molecule has 5 rings (SSSR count). The number of H-pyrrole nitrogens is 1. The van der Waals surface area contributed by atoms with Crippen molar-refractivity contribution in [2.45, 2.75) is 84.8 Å². The summed E-state index contributed by atoms with van der Waals surface area (Å²) >= 11 is 0. The fourth-order valence-electron chi connectivity index (χ4n) is 6.40. The van der Waals surface area contributed by atoms with Gasteiger partial charge < -0.3 is 30.4 Å². The maximum atomic E-state index is 13.7. The quantitative estimate of drug-likeness (QED) is 0.246. The zero-order valence-corrected chi connectivity index (χ0v) is 28.7. The van der Waals surface area contributed by atoms with Gasteiger partial charge in [-0.2, -0.15) is 0 Å². The van der Waals surface area contributed by atoms with Crippen LogP contribution in [0.4, 0.5) is 0 Å². The van der Waals surface area contributed by atoms with Crippen LogP contribution < -0.4 is 21.6 Å². The molecule has 0 fully saturated rings. The molecule has 13 heteroatoms. The van der Waals surface area contributed by atoms with Crippen molar-refractivity contribution in [2.75, 3.05) is 26.2 Å². The third-order valence-corrected chi connectivity index (χ3v) is 9.38. The Morgan fingerprint density at radius 2 is 1.69 bits per heavy atom. The summed E-state index contributed by atoms with van der Waals surface area (Å²) in [5, 5.41) is 8.79. The Balaban J connectivity index is 1.33. The van der Waals surface area contributed by atoms with E-state index in [1.54, 1.807) is 27.7 Å². The molecule has 3 heterocycles. The first-order chi connectivity index (χ1) is 23.7. The second-order valence-electron chi connectivity index (χ2n) is 12.8. The molecule has 4 amide bonds. The maximum absolute atomic E-state index is 13.7. The molecule has 0 unspecified atom stereocenters. The summed E-state index contributed by atoms with van der Waals surface area (Å²) in [6.07, 6.45) is 3.30. The number of hydrogen-bond acceptors (Lipinski definition) is 6. The minimum atomic E-state index is -0.697. The molecule has 262 valence electrons. The van der Waals surface area contributed by atoms with Crippen LogP contribution in [-0.4, -0.2) is 79.9 Å². The molecule has 4 N–H and O–H groups in total. The highest BCUT2D eigenvalue weighted by atomic mass is 16.2. The molecule has 2 atom stereocenters. The summed E-state index contributed by atoms with van der Waals surface area (Å²) < 4.78 is 3.66. The Hall–Kier alpha value is -4.94. The Labute approximate surface area is 285 Å². The molecular formula is C36H48N8O5. The van der Waals surface area contributed by atoms with Crippen LogP contribution in [-0.2, 0) is 33.9 Å². The second-order valence-corrected chi connectivity index (χ2v) is 12.8. The monoisotopic (exact) mass is 672 g/mol. The second kappa shape index (κ2) is 16.4. The number of aromatic nitrogens is 4. The largest absolute Gasteiger partial charge is 0.354 e. The van der Waals surface area contributed by atoms with Gasteiger partial charge in [0.05, 0.1) is 22.1 Å². The lowest BCUT2D eigenvalue weighted by Crippen LogP contribution is -2.50.